The molecule has 0 atom stereocenters. The summed E-state index contributed by atoms with van der Waals surface area (Å²) in [7, 11) is 0. The fraction of sp³-hybridized carbons (Fsp3) is 0.0588. The van der Waals surface area contributed by atoms with Crippen LogP contribution in [0.15, 0.2) is 59.6 Å². The zero-order valence-corrected chi connectivity index (χ0v) is 12.3. The lowest BCUT2D eigenvalue weighted by molar-refractivity contribution is 1.36. The smallest absolute Gasteiger partial charge is 0.0548 e. The van der Waals surface area contributed by atoms with E-state index in [1.807, 2.05) is 12.1 Å². The van der Waals surface area contributed by atoms with E-state index in [1.54, 1.807) is 11.8 Å². The van der Waals surface area contributed by atoms with Crippen molar-refractivity contribution in [3.8, 4) is 0 Å². The van der Waals surface area contributed by atoms with Gasteiger partial charge in [0.2, 0.25) is 0 Å². The van der Waals surface area contributed by atoms with Crippen LogP contribution in [0.2, 0.25) is 5.02 Å². The predicted molar refractivity (Wildman–Crippen MR) is 87.6 cm³/mol. The van der Waals surface area contributed by atoms with Crippen molar-refractivity contribution < 1.29 is 0 Å². The van der Waals surface area contributed by atoms with E-state index in [-0.39, 0.29) is 0 Å². The molecule has 0 unspecified atom stereocenters. The van der Waals surface area contributed by atoms with Crippen LogP contribution in [0.25, 0.3) is 16.5 Å². The number of fused-ring (bicyclic) bond motifs is 2. The van der Waals surface area contributed by atoms with Gasteiger partial charge in [-0.15, -0.1) is 11.8 Å². The molecule has 0 aliphatic carbocycles. The van der Waals surface area contributed by atoms with Crippen molar-refractivity contribution in [2.45, 2.75) is 4.90 Å². The highest BCUT2D eigenvalue weighted by atomic mass is 35.5. The SMILES string of the molecule is Clc1cccc2c1SCC=C2c1c[nH]c2ccccc12. The second kappa shape index (κ2) is 4.72. The highest BCUT2D eigenvalue weighted by molar-refractivity contribution is 7.99. The van der Waals surface area contributed by atoms with Crippen molar-refractivity contribution >= 4 is 39.8 Å². The molecule has 0 saturated heterocycles. The Morgan fingerprint density at radius 1 is 1.00 bits per heavy atom. The zero-order chi connectivity index (χ0) is 13.5. The Kier molecular flexibility index (Phi) is 2.86. The second-order valence-corrected chi connectivity index (χ2v) is 6.23. The Labute approximate surface area is 126 Å². The van der Waals surface area contributed by atoms with Crippen LogP contribution in [0.3, 0.4) is 0 Å². The molecule has 2 aromatic carbocycles. The molecule has 4 rings (SSSR count). The van der Waals surface area contributed by atoms with Crippen LogP contribution < -0.4 is 0 Å². The van der Waals surface area contributed by atoms with E-state index in [0.29, 0.717) is 0 Å². The average molecular weight is 298 g/mol. The van der Waals surface area contributed by atoms with E-state index < -0.39 is 0 Å². The molecular formula is C17H12ClNS. The van der Waals surface area contributed by atoms with Gasteiger partial charge in [-0.1, -0.05) is 48.0 Å². The standard InChI is InChI=1S/C17H12ClNS/c18-15-6-3-5-13-11(8-9-20-17(13)15)14-10-19-16-7-2-1-4-12(14)16/h1-8,10,19H,9H2. The van der Waals surface area contributed by atoms with Gasteiger partial charge < -0.3 is 4.98 Å². The minimum Gasteiger partial charge on any atom is -0.361 e. The summed E-state index contributed by atoms with van der Waals surface area (Å²) in [5, 5.41) is 2.11. The van der Waals surface area contributed by atoms with Gasteiger partial charge in [-0.05, 0) is 23.3 Å². The number of hydrogen-bond donors (Lipinski definition) is 1. The molecule has 1 nitrogen and oxygen atoms in total. The summed E-state index contributed by atoms with van der Waals surface area (Å²) >= 11 is 8.13. The van der Waals surface area contributed by atoms with Gasteiger partial charge in [0.15, 0.2) is 0 Å². The second-order valence-electron chi connectivity index (χ2n) is 4.79. The maximum Gasteiger partial charge on any atom is 0.0548 e. The number of aromatic nitrogens is 1. The first-order valence-corrected chi connectivity index (χ1v) is 7.89. The predicted octanol–water partition coefficient (Wildman–Crippen LogP) is 5.36. The average Bonchev–Trinajstić information content (AvgIpc) is 2.91. The number of benzene rings is 2. The van der Waals surface area contributed by atoms with E-state index in [0.717, 1.165) is 10.8 Å². The fourth-order valence-corrected chi connectivity index (χ4v) is 4.03. The van der Waals surface area contributed by atoms with Crippen molar-refractivity contribution in [3.63, 3.8) is 0 Å². The maximum atomic E-state index is 6.33. The first-order chi connectivity index (χ1) is 9.84. The first-order valence-electron chi connectivity index (χ1n) is 6.53. The molecule has 3 heteroatoms. The molecule has 20 heavy (non-hydrogen) atoms. The molecule has 0 spiro atoms. The molecular weight excluding hydrogens is 286 g/mol. The molecule has 98 valence electrons. The third kappa shape index (κ3) is 1.80. The van der Waals surface area contributed by atoms with Crippen LogP contribution in [-0.2, 0) is 0 Å². The molecule has 0 radical (unpaired) electrons. The lowest BCUT2D eigenvalue weighted by atomic mass is 9.97. The van der Waals surface area contributed by atoms with Crippen molar-refractivity contribution in [3.05, 3.63) is 70.9 Å². The summed E-state index contributed by atoms with van der Waals surface area (Å²) in [5.74, 6) is 0.964. The van der Waals surface area contributed by atoms with Gasteiger partial charge in [-0.25, -0.2) is 0 Å². The van der Waals surface area contributed by atoms with Gasteiger partial charge in [-0.3, -0.25) is 0 Å². The number of thioether (sulfide) groups is 1. The number of hydrogen-bond acceptors (Lipinski definition) is 1. The van der Waals surface area contributed by atoms with Crippen LogP contribution in [0.5, 0.6) is 0 Å². The van der Waals surface area contributed by atoms with Crippen molar-refractivity contribution in [1.82, 2.24) is 4.98 Å². The van der Waals surface area contributed by atoms with Crippen molar-refractivity contribution in [2.24, 2.45) is 0 Å². The van der Waals surface area contributed by atoms with Crippen molar-refractivity contribution in [2.75, 3.05) is 5.75 Å². The number of rotatable bonds is 1. The number of H-pyrrole nitrogens is 1. The zero-order valence-electron chi connectivity index (χ0n) is 10.7. The fourth-order valence-electron chi connectivity index (χ4n) is 2.74. The number of aromatic amines is 1. The third-order valence-corrected chi connectivity index (χ3v) is 5.14. The normalized spacial score (nSPS) is 14.2. The molecule has 0 bridgehead atoms. The van der Waals surface area contributed by atoms with E-state index in [4.69, 9.17) is 11.6 Å². The van der Waals surface area contributed by atoms with Crippen LogP contribution in [0, 0.1) is 0 Å². The van der Waals surface area contributed by atoms with Crippen LogP contribution >= 0.6 is 23.4 Å². The molecule has 1 aliphatic rings. The Morgan fingerprint density at radius 3 is 2.85 bits per heavy atom. The number of nitrogens with one attached hydrogen (secondary N) is 1. The summed E-state index contributed by atoms with van der Waals surface area (Å²) in [4.78, 5) is 4.54. The van der Waals surface area contributed by atoms with Crippen LogP contribution in [0.1, 0.15) is 11.1 Å². The number of para-hydroxylation sites is 1. The summed E-state index contributed by atoms with van der Waals surface area (Å²) in [6.07, 6.45) is 4.39. The van der Waals surface area contributed by atoms with E-state index >= 15 is 0 Å². The van der Waals surface area contributed by atoms with Gasteiger partial charge in [-0.2, -0.15) is 0 Å². The maximum absolute atomic E-state index is 6.33. The van der Waals surface area contributed by atoms with E-state index in [9.17, 15) is 0 Å². The topological polar surface area (TPSA) is 15.8 Å². The Bertz CT molecular complexity index is 832. The number of halogens is 1. The van der Waals surface area contributed by atoms with E-state index in [2.05, 4.69) is 47.6 Å². The lowest BCUT2D eigenvalue weighted by Gasteiger charge is -2.18. The molecule has 1 aromatic heterocycles. The molecule has 0 saturated carbocycles. The molecule has 2 heterocycles. The molecule has 1 aliphatic heterocycles. The Balaban J connectivity index is 1.96. The molecule has 0 fully saturated rings. The summed E-state index contributed by atoms with van der Waals surface area (Å²) in [5.41, 5.74) is 4.94. The first kappa shape index (κ1) is 12.1. The summed E-state index contributed by atoms with van der Waals surface area (Å²) < 4.78 is 0. The minimum atomic E-state index is 0.845. The van der Waals surface area contributed by atoms with Crippen LogP contribution in [-0.4, -0.2) is 10.7 Å². The van der Waals surface area contributed by atoms with Gasteiger partial charge in [0, 0.05) is 33.3 Å². The molecule has 3 aromatic rings. The molecule has 0 amide bonds. The summed E-state index contributed by atoms with van der Waals surface area (Å²) in [6.45, 7) is 0. The molecule has 1 N–H and O–H groups in total. The quantitative estimate of drug-likeness (QED) is 0.639. The monoisotopic (exact) mass is 297 g/mol. The largest absolute Gasteiger partial charge is 0.361 e. The lowest BCUT2D eigenvalue weighted by Crippen LogP contribution is -1.97. The summed E-state index contributed by atoms with van der Waals surface area (Å²) in [6, 6.07) is 14.5. The highest BCUT2D eigenvalue weighted by Gasteiger charge is 2.18. The van der Waals surface area contributed by atoms with Gasteiger partial charge in [0.05, 0.1) is 5.02 Å². The van der Waals surface area contributed by atoms with Gasteiger partial charge >= 0.3 is 0 Å². The van der Waals surface area contributed by atoms with E-state index in [1.165, 1.54) is 32.5 Å². The Morgan fingerprint density at radius 2 is 1.90 bits per heavy atom. The Hall–Kier alpha value is -1.64. The minimum absolute atomic E-state index is 0.845. The third-order valence-electron chi connectivity index (χ3n) is 3.65. The van der Waals surface area contributed by atoms with Crippen LogP contribution in [0.4, 0.5) is 0 Å². The van der Waals surface area contributed by atoms with Gasteiger partial charge in [0.25, 0.3) is 0 Å². The van der Waals surface area contributed by atoms with Crippen molar-refractivity contribution in [1.29, 1.82) is 0 Å². The van der Waals surface area contributed by atoms with Gasteiger partial charge in [0.1, 0.15) is 0 Å². The highest BCUT2D eigenvalue weighted by Crippen LogP contribution is 2.42.